The maximum atomic E-state index is 15.0. The summed E-state index contributed by atoms with van der Waals surface area (Å²) in [6, 6.07) is 1.51. The summed E-state index contributed by atoms with van der Waals surface area (Å²) in [6.07, 6.45) is 0.600. The summed E-state index contributed by atoms with van der Waals surface area (Å²) in [7, 11) is -1.94. The van der Waals surface area contributed by atoms with Crippen molar-refractivity contribution in [2.75, 3.05) is 26.2 Å². The van der Waals surface area contributed by atoms with Gasteiger partial charge in [-0.1, -0.05) is 17.7 Å². The van der Waals surface area contributed by atoms with E-state index in [0.29, 0.717) is 11.0 Å². The third-order valence-electron chi connectivity index (χ3n) is 8.20. The lowest BCUT2D eigenvalue weighted by Crippen LogP contribution is -2.60. The lowest BCUT2D eigenvalue weighted by atomic mass is 9.72. The van der Waals surface area contributed by atoms with Crippen LogP contribution in [-0.4, -0.2) is 115 Å². The van der Waals surface area contributed by atoms with Crippen molar-refractivity contribution >= 4 is 54.3 Å². The number of carbonyl (C=O) groups is 6. The first-order chi connectivity index (χ1) is 25.1. The summed E-state index contributed by atoms with van der Waals surface area (Å²) in [5, 5.41) is 55.4. The smallest absolute Gasteiger partial charge is 0.534 e. The van der Waals surface area contributed by atoms with Crippen LogP contribution in [0.25, 0.3) is 0 Å². The van der Waals surface area contributed by atoms with Crippen molar-refractivity contribution in [1.82, 2.24) is 30.7 Å². The monoisotopic (exact) mass is 760 g/mol. The molecular weight excluding hydrogens is 733 g/mol. The highest BCUT2D eigenvalue weighted by Gasteiger charge is 2.42. The number of piperazine rings is 1. The molecule has 5 rings (SSSR count). The summed E-state index contributed by atoms with van der Waals surface area (Å²) in [6.45, 7) is -0.599. The van der Waals surface area contributed by atoms with Gasteiger partial charge < -0.3 is 51.0 Å². The van der Waals surface area contributed by atoms with Crippen molar-refractivity contribution in [2.24, 2.45) is 0 Å². The number of urea groups is 1. The molecule has 0 saturated carbocycles. The van der Waals surface area contributed by atoms with Gasteiger partial charge in [0.25, 0.3) is 5.91 Å². The zero-order valence-corrected chi connectivity index (χ0v) is 27.8. The fraction of sp³-hybridized carbons (Fsp3) is 0.258. The predicted molar refractivity (Wildman–Crippen MR) is 175 cm³/mol. The van der Waals surface area contributed by atoms with Gasteiger partial charge in [-0.2, -0.15) is 0 Å². The zero-order chi connectivity index (χ0) is 38.7. The SMILES string of the molecule is O=C(NCCCN1CCN(C(=O)NC(C(=O)N[C@H]2Cc3ccc(F)c(C(=O)O)c3OB2O)c2ncc(O)cc2F)C(=O)C1=O)c1ccc(O)c(O)c1Cl. The Bertz CT molecular complexity index is 2030. The average Bonchev–Trinajstić information content (AvgIpc) is 3.10. The van der Waals surface area contributed by atoms with Crippen molar-refractivity contribution in [1.29, 1.82) is 0 Å². The van der Waals surface area contributed by atoms with E-state index in [-0.39, 0.29) is 55.2 Å². The Morgan fingerprint density at radius 3 is 2.49 bits per heavy atom. The maximum Gasteiger partial charge on any atom is 0.547 e. The van der Waals surface area contributed by atoms with Crippen LogP contribution in [0.5, 0.6) is 23.0 Å². The Kier molecular flexibility index (Phi) is 11.2. The van der Waals surface area contributed by atoms with Crippen LogP contribution < -0.4 is 20.6 Å². The normalized spacial score (nSPS) is 16.0. The molecule has 3 aromatic rings. The Balaban J connectivity index is 1.23. The number of carboxylic acid groups (broad SMARTS) is 1. The van der Waals surface area contributed by atoms with Gasteiger partial charge in [-0.25, -0.2) is 18.4 Å². The minimum atomic E-state index is -2.03. The molecule has 0 bridgehead atoms. The molecule has 2 aliphatic rings. The van der Waals surface area contributed by atoms with Crippen LogP contribution in [0.2, 0.25) is 5.02 Å². The second-order valence-electron chi connectivity index (χ2n) is 11.6. The zero-order valence-electron chi connectivity index (χ0n) is 27.0. The second-order valence-corrected chi connectivity index (χ2v) is 12.0. The highest BCUT2D eigenvalue weighted by molar-refractivity contribution is 6.47. The summed E-state index contributed by atoms with van der Waals surface area (Å²) in [5.74, 6) is -12.1. The number of hydrogen-bond acceptors (Lipinski definition) is 12. The minimum absolute atomic E-state index is 0.00905. The molecule has 2 aromatic carbocycles. The Morgan fingerprint density at radius 1 is 1.06 bits per heavy atom. The molecule has 18 nitrogen and oxygen atoms in total. The summed E-state index contributed by atoms with van der Waals surface area (Å²) in [4.78, 5) is 81.9. The summed E-state index contributed by atoms with van der Waals surface area (Å²) in [5.41, 5.74) is -1.63. The van der Waals surface area contributed by atoms with Gasteiger partial charge >= 0.3 is 30.9 Å². The molecular formula is C31H28BClF2N6O12. The average molecular weight is 761 g/mol. The number of imide groups is 1. The number of phenols is 2. The molecule has 8 N–H and O–H groups in total. The third-order valence-corrected chi connectivity index (χ3v) is 8.58. The predicted octanol–water partition coefficient (Wildman–Crippen LogP) is 0.209. The molecule has 0 spiro atoms. The van der Waals surface area contributed by atoms with Gasteiger partial charge in [-0.05, 0) is 36.6 Å². The molecule has 22 heteroatoms. The minimum Gasteiger partial charge on any atom is -0.534 e. The quantitative estimate of drug-likeness (QED) is 0.0595. The Morgan fingerprint density at radius 2 is 1.79 bits per heavy atom. The number of nitrogens with zero attached hydrogens (tertiary/aromatic N) is 3. The highest BCUT2D eigenvalue weighted by Crippen LogP contribution is 2.35. The molecule has 0 aliphatic carbocycles. The fourth-order valence-electron chi connectivity index (χ4n) is 5.51. The maximum absolute atomic E-state index is 15.0. The fourth-order valence-corrected chi connectivity index (χ4v) is 5.76. The number of hydrogen-bond donors (Lipinski definition) is 8. The number of halogens is 3. The number of fused-ring (bicyclic) bond motifs is 1. The van der Waals surface area contributed by atoms with Crippen molar-refractivity contribution in [3.63, 3.8) is 0 Å². The first-order valence-electron chi connectivity index (χ1n) is 15.5. The summed E-state index contributed by atoms with van der Waals surface area (Å²) >= 11 is 5.89. The van der Waals surface area contributed by atoms with Crippen LogP contribution in [0.4, 0.5) is 13.6 Å². The van der Waals surface area contributed by atoms with E-state index in [4.69, 9.17) is 16.3 Å². The van der Waals surface area contributed by atoms with Crippen molar-refractivity contribution in [3.05, 3.63) is 75.6 Å². The summed E-state index contributed by atoms with van der Waals surface area (Å²) < 4.78 is 34.4. The van der Waals surface area contributed by atoms with Crippen LogP contribution in [0.1, 0.15) is 44.4 Å². The standard InChI is InChI=1S/C31H28BClF2N6O12/c33-21-15(3-5-18(43)24(21)44)26(45)36-6-1-7-40-8-9-41(29(48)28(40)47)31(51)39-23(22-17(35)11-14(42)12-37-22)27(46)38-19-10-13-2-4-16(34)20(30(49)50)25(13)53-32(19)52/h2-5,11-12,19,23,42-44,52H,1,6-10H2,(H,36,45)(H,38,46)(H,39,51)(H,49,50)/t19-,23?/m0/s1. The number of pyridine rings is 1. The van der Waals surface area contributed by atoms with E-state index in [2.05, 4.69) is 20.9 Å². The number of carbonyl (C=O) groups excluding carboxylic acids is 5. The molecule has 6 amide bonds. The van der Waals surface area contributed by atoms with Gasteiger partial charge in [0.1, 0.15) is 28.6 Å². The molecule has 3 heterocycles. The van der Waals surface area contributed by atoms with E-state index in [9.17, 15) is 63.0 Å². The molecule has 278 valence electrons. The van der Waals surface area contributed by atoms with Crippen LogP contribution in [0.15, 0.2) is 36.5 Å². The number of phenolic OH excluding ortho intramolecular Hbond substituents is 2. The van der Waals surface area contributed by atoms with Crippen molar-refractivity contribution < 1.29 is 67.7 Å². The highest BCUT2D eigenvalue weighted by atomic mass is 35.5. The van der Waals surface area contributed by atoms with Crippen molar-refractivity contribution in [2.45, 2.75) is 24.8 Å². The number of carboxylic acids is 1. The molecule has 1 unspecified atom stereocenters. The number of aromatic carboxylic acids is 1. The number of amides is 6. The molecule has 53 heavy (non-hydrogen) atoms. The van der Waals surface area contributed by atoms with Gasteiger partial charge in [-0.15, -0.1) is 0 Å². The van der Waals surface area contributed by atoms with Gasteiger partial charge in [-0.3, -0.25) is 29.1 Å². The van der Waals surface area contributed by atoms with Crippen LogP contribution >= 0.6 is 11.6 Å². The van der Waals surface area contributed by atoms with Gasteiger partial charge in [0.05, 0.1) is 22.7 Å². The molecule has 0 radical (unpaired) electrons. The second kappa shape index (κ2) is 15.6. The number of rotatable bonds is 10. The largest absolute Gasteiger partial charge is 0.547 e. The van der Waals surface area contributed by atoms with Crippen LogP contribution in [-0.2, 0) is 20.8 Å². The third kappa shape index (κ3) is 7.99. The molecule has 1 saturated heterocycles. The van der Waals surface area contributed by atoms with Gasteiger partial charge in [0.15, 0.2) is 23.4 Å². The Labute approximate surface area is 302 Å². The molecule has 2 aliphatic heterocycles. The topological polar surface area (TPSA) is 268 Å². The lowest BCUT2D eigenvalue weighted by molar-refractivity contribution is -0.153. The number of aromatic nitrogens is 1. The molecule has 2 atom stereocenters. The first kappa shape index (κ1) is 38.0. The van der Waals surface area contributed by atoms with Gasteiger partial charge in [0, 0.05) is 32.2 Å². The van der Waals surface area contributed by atoms with E-state index in [0.717, 1.165) is 23.2 Å². The van der Waals surface area contributed by atoms with Gasteiger partial charge in [0.2, 0.25) is 5.91 Å². The number of aromatic hydroxyl groups is 3. The van der Waals surface area contributed by atoms with E-state index in [1.165, 1.54) is 12.1 Å². The van der Waals surface area contributed by atoms with E-state index in [1.807, 2.05) is 0 Å². The number of nitrogens with one attached hydrogen (secondary N) is 3. The first-order valence-corrected chi connectivity index (χ1v) is 15.9. The molecule has 1 fully saturated rings. The van der Waals surface area contributed by atoms with Crippen LogP contribution in [0, 0.1) is 11.6 Å². The number of benzene rings is 2. The van der Waals surface area contributed by atoms with Crippen LogP contribution in [0.3, 0.4) is 0 Å². The van der Waals surface area contributed by atoms with E-state index in [1.54, 1.807) is 0 Å². The molecule has 1 aromatic heterocycles. The van der Waals surface area contributed by atoms with E-state index < -0.39 is 101 Å². The Hall–Kier alpha value is -6.22. The van der Waals surface area contributed by atoms with Crippen molar-refractivity contribution in [3.8, 4) is 23.0 Å². The van der Waals surface area contributed by atoms with E-state index >= 15 is 0 Å². The lowest BCUT2D eigenvalue weighted by Gasteiger charge is -2.33.